The van der Waals surface area contributed by atoms with Gasteiger partial charge in [0.2, 0.25) is 5.91 Å². The van der Waals surface area contributed by atoms with Crippen LogP contribution in [-0.4, -0.2) is 31.6 Å². The summed E-state index contributed by atoms with van der Waals surface area (Å²) >= 11 is 1.44. The summed E-state index contributed by atoms with van der Waals surface area (Å²) in [5, 5.41) is 4.61. The molecule has 0 aliphatic carbocycles. The quantitative estimate of drug-likeness (QED) is 0.740. The van der Waals surface area contributed by atoms with Gasteiger partial charge in [-0.15, -0.1) is 11.3 Å². The van der Waals surface area contributed by atoms with Crippen molar-refractivity contribution in [2.75, 3.05) is 13.7 Å². The van der Waals surface area contributed by atoms with E-state index in [1.165, 1.54) is 18.4 Å². The summed E-state index contributed by atoms with van der Waals surface area (Å²) in [6, 6.07) is 3.24. The van der Waals surface area contributed by atoms with Crippen LogP contribution in [-0.2, 0) is 23.9 Å². The molecule has 1 heterocycles. The SMILES string of the molecule is CCOC(=O)CCC(=O)NC(CC(=O)OC)c1cccs1. The number of esters is 2. The van der Waals surface area contributed by atoms with Gasteiger partial charge in [0.05, 0.1) is 32.6 Å². The van der Waals surface area contributed by atoms with Crippen LogP contribution in [0.15, 0.2) is 17.5 Å². The molecule has 6 nitrogen and oxygen atoms in total. The van der Waals surface area contributed by atoms with Crippen LogP contribution in [0.3, 0.4) is 0 Å². The van der Waals surface area contributed by atoms with Gasteiger partial charge in [0.25, 0.3) is 0 Å². The van der Waals surface area contributed by atoms with E-state index in [1.807, 2.05) is 17.5 Å². The Morgan fingerprint density at radius 3 is 2.62 bits per heavy atom. The van der Waals surface area contributed by atoms with Crippen molar-refractivity contribution in [1.29, 1.82) is 0 Å². The van der Waals surface area contributed by atoms with Gasteiger partial charge in [-0.05, 0) is 18.4 Å². The number of ether oxygens (including phenoxy) is 2. The lowest BCUT2D eigenvalue weighted by molar-refractivity contribution is -0.145. The van der Waals surface area contributed by atoms with Gasteiger partial charge in [-0.1, -0.05) is 6.07 Å². The Morgan fingerprint density at radius 2 is 2.05 bits per heavy atom. The van der Waals surface area contributed by atoms with E-state index in [0.29, 0.717) is 6.61 Å². The van der Waals surface area contributed by atoms with Crippen molar-refractivity contribution >= 4 is 29.2 Å². The van der Waals surface area contributed by atoms with E-state index in [-0.39, 0.29) is 25.2 Å². The van der Waals surface area contributed by atoms with Crippen molar-refractivity contribution < 1.29 is 23.9 Å². The Hall–Kier alpha value is -1.89. The molecule has 1 aromatic heterocycles. The first-order chi connectivity index (χ1) is 10.1. The van der Waals surface area contributed by atoms with Crippen molar-refractivity contribution in [2.24, 2.45) is 0 Å². The largest absolute Gasteiger partial charge is 0.469 e. The number of thiophene rings is 1. The van der Waals surface area contributed by atoms with Gasteiger partial charge in [0.1, 0.15) is 0 Å². The maximum Gasteiger partial charge on any atom is 0.307 e. The zero-order valence-electron chi connectivity index (χ0n) is 12.1. The van der Waals surface area contributed by atoms with Crippen LogP contribution < -0.4 is 5.32 Å². The van der Waals surface area contributed by atoms with E-state index in [4.69, 9.17) is 4.74 Å². The maximum absolute atomic E-state index is 11.9. The van der Waals surface area contributed by atoms with E-state index >= 15 is 0 Å². The molecule has 1 N–H and O–H groups in total. The number of hydrogen-bond donors (Lipinski definition) is 1. The molecule has 0 spiro atoms. The number of amides is 1. The second kappa shape index (κ2) is 9.12. The number of carbonyl (C=O) groups excluding carboxylic acids is 3. The maximum atomic E-state index is 11.9. The first-order valence-electron chi connectivity index (χ1n) is 6.62. The molecule has 1 unspecified atom stereocenters. The van der Waals surface area contributed by atoms with Gasteiger partial charge in [-0.3, -0.25) is 14.4 Å². The number of hydrogen-bond acceptors (Lipinski definition) is 6. The third-order valence-corrected chi connectivity index (χ3v) is 3.67. The zero-order chi connectivity index (χ0) is 15.7. The van der Waals surface area contributed by atoms with Crippen LogP contribution in [0, 0.1) is 0 Å². The molecule has 21 heavy (non-hydrogen) atoms. The lowest BCUT2D eigenvalue weighted by Gasteiger charge is -2.16. The molecule has 0 fully saturated rings. The van der Waals surface area contributed by atoms with Gasteiger partial charge in [0.15, 0.2) is 0 Å². The van der Waals surface area contributed by atoms with Gasteiger partial charge < -0.3 is 14.8 Å². The van der Waals surface area contributed by atoms with Crippen molar-refractivity contribution in [3.8, 4) is 0 Å². The summed E-state index contributed by atoms with van der Waals surface area (Å²) in [6.45, 7) is 2.00. The predicted octanol–water partition coefficient (Wildman–Crippen LogP) is 1.81. The van der Waals surface area contributed by atoms with E-state index in [9.17, 15) is 14.4 Å². The average molecular weight is 313 g/mol. The van der Waals surface area contributed by atoms with Crippen LogP contribution in [0.5, 0.6) is 0 Å². The standard InChI is InChI=1S/C14H19NO5S/c1-3-20-13(17)7-6-12(16)15-10(9-14(18)19-2)11-5-4-8-21-11/h4-5,8,10H,3,6-7,9H2,1-2H3,(H,15,16). The molecule has 0 radical (unpaired) electrons. The highest BCUT2D eigenvalue weighted by atomic mass is 32.1. The Bertz CT molecular complexity index is 472. The highest BCUT2D eigenvalue weighted by molar-refractivity contribution is 7.10. The molecule has 7 heteroatoms. The molecular weight excluding hydrogens is 294 g/mol. The third kappa shape index (κ3) is 6.40. The fraction of sp³-hybridized carbons (Fsp3) is 0.500. The molecule has 116 valence electrons. The fourth-order valence-electron chi connectivity index (χ4n) is 1.68. The molecule has 1 atom stereocenters. The van der Waals surface area contributed by atoms with Crippen LogP contribution >= 0.6 is 11.3 Å². The molecule has 0 aliphatic heterocycles. The molecule has 0 aromatic carbocycles. The van der Waals surface area contributed by atoms with Crippen LogP contribution in [0.1, 0.15) is 37.1 Å². The number of rotatable bonds is 8. The summed E-state index contributed by atoms with van der Waals surface area (Å²) in [5.74, 6) is -1.11. The number of nitrogens with one attached hydrogen (secondary N) is 1. The highest BCUT2D eigenvalue weighted by Crippen LogP contribution is 2.22. The second-order valence-corrected chi connectivity index (χ2v) is 5.20. The lowest BCUT2D eigenvalue weighted by Crippen LogP contribution is -2.30. The first-order valence-corrected chi connectivity index (χ1v) is 7.50. The van der Waals surface area contributed by atoms with Gasteiger partial charge in [0, 0.05) is 11.3 Å². The molecule has 0 bridgehead atoms. The summed E-state index contributed by atoms with van der Waals surface area (Å²) in [7, 11) is 1.30. The summed E-state index contributed by atoms with van der Waals surface area (Å²) in [5.41, 5.74) is 0. The molecule has 1 amide bonds. The van der Waals surface area contributed by atoms with Crippen molar-refractivity contribution in [1.82, 2.24) is 5.32 Å². The van der Waals surface area contributed by atoms with Gasteiger partial charge in [-0.2, -0.15) is 0 Å². The Labute approximate surface area is 127 Å². The minimum absolute atomic E-state index is 0.0229. The summed E-state index contributed by atoms with van der Waals surface area (Å²) < 4.78 is 9.39. The molecule has 0 saturated heterocycles. The van der Waals surface area contributed by atoms with Crippen molar-refractivity contribution in [3.05, 3.63) is 22.4 Å². The second-order valence-electron chi connectivity index (χ2n) is 4.22. The van der Waals surface area contributed by atoms with Crippen LogP contribution in [0.2, 0.25) is 0 Å². The van der Waals surface area contributed by atoms with Crippen molar-refractivity contribution in [3.63, 3.8) is 0 Å². The topological polar surface area (TPSA) is 81.7 Å². The first kappa shape index (κ1) is 17.2. The van der Waals surface area contributed by atoms with Crippen LogP contribution in [0.25, 0.3) is 0 Å². The Kier molecular flexibility index (Phi) is 7.45. The molecule has 0 saturated carbocycles. The summed E-state index contributed by atoms with van der Waals surface area (Å²) in [4.78, 5) is 35.3. The Balaban J connectivity index is 2.54. The van der Waals surface area contributed by atoms with E-state index in [2.05, 4.69) is 10.1 Å². The predicted molar refractivity (Wildman–Crippen MR) is 77.7 cm³/mol. The lowest BCUT2D eigenvalue weighted by atomic mass is 10.1. The average Bonchev–Trinajstić information content (AvgIpc) is 2.98. The minimum atomic E-state index is -0.438. The zero-order valence-corrected chi connectivity index (χ0v) is 12.9. The smallest absolute Gasteiger partial charge is 0.307 e. The number of methoxy groups -OCH3 is 1. The van der Waals surface area contributed by atoms with Crippen LogP contribution in [0.4, 0.5) is 0 Å². The normalized spacial score (nSPS) is 11.5. The Morgan fingerprint density at radius 1 is 1.29 bits per heavy atom. The monoisotopic (exact) mass is 313 g/mol. The van der Waals surface area contributed by atoms with Gasteiger partial charge in [-0.25, -0.2) is 0 Å². The summed E-state index contributed by atoms with van der Waals surface area (Å²) in [6.07, 6.45) is 0.110. The van der Waals surface area contributed by atoms with Crippen molar-refractivity contribution in [2.45, 2.75) is 32.2 Å². The van der Waals surface area contributed by atoms with E-state index < -0.39 is 18.0 Å². The molecular formula is C14H19NO5S. The van der Waals surface area contributed by atoms with E-state index in [0.717, 1.165) is 4.88 Å². The third-order valence-electron chi connectivity index (χ3n) is 2.68. The molecule has 1 rings (SSSR count). The molecule has 1 aromatic rings. The minimum Gasteiger partial charge on any atom is -0.469 e. The molecule has 0 aliphatic rings. The number of carbonyl (C=O) groups is 3. The van der Waals surface area contributed by atoms with Gasteiger partial charge >= 0.3 is 11.9 Å². The van der Waals surface area contributed by atoms with E-state index in [1.54, 1.807) is 6.92 Å². The highest BCUT2D eigenvalue weighted by Gasteiger charge is 2.20. The fourth-order valence-corrected chi connectivity index (χ4v) is 2.46.